The van der Waals surface area contributed by atoms with Gasteiger partial charge in [0.15, 0.2) is 0 Å². The largest absolute Gasteiger partial charge is 0.316 e. The molecule has 0 aromatic heterocycles. The molecule has 2 aliphatic heterocycles. The van der Waals surface area contributed by atoms with Gasteiger partial charge in [0.2, 0.25) is 0 Å². The molecular weight excluding hydrogens is 276 g/mol. The maximum absolute atomic E-state index is 12.2. The number of carbonyl (C=O) groups excluding carboxylic acids is 2. The highest BCUT2D eigenvalue weighted by Gasteiger charge is 2.35. The first-order valence-electron chi connectivity index (χ1n) is 6.71. The average Bonchev–Trinajstić information content (AvgIpc) is 2.74. The topological polar surface area (TPSA) is 49.4 Å². The SMILES string of the molecule is O=C1c2ccccc2C(=O)N1CC(Cl)=C1CCNCC1. The van der Waals surface area contributed by atoms with Crippen LogP contribution in [0.2, 0.25) is 0 Å². The molecule has 5 heteroatoms. The Balaban J connectivity index is 1.83. The van der Waals surface area contributed by atoms with Crippen molar-refractivity contribution in [2.45, 2.75) is 12.8 Å². The first-order chi connectivity index (χ1) is 9.68. The van der Waals surface area contributed by atoms with E-state index in [2.05, 4.69) is 5.32 Å². The minimum atomic E-state index is -0.252. The van der Waals surface area contributed by atoms with Crippen LogP contribution < -0.4 is 5.32 Å². The molecule has 0 spiro atoms. The van der Waals surface area contributed by atoms with Crippen molar-refractivity contribution in [1.29, 1.82) is 0 Å². The van der Waals surface area contributed by atoms with E-state index < -0.39 is 0 Å². The minimum Gasteiger partial charge on any atom is -0.316 e. The number of hydrogen-bond donors (Lipinski definition) is 1. The zero-order valence-electron chi connectivity index (χ0n) is 11.0. The van der Waals surface area contributed by atoms with Crippen molar-refractivity contribution in [2.75, 3.05) is 19.6 Å². The maximum atomic E-state index is 12.2. The number of amides is 2. The van der Waals surface area contributed by atoms with Crippen molar-refractivity contribution in [3.63, 3.8) is 0 Å². The highest BCUT2D eigenvalue weighted by Crippen LogP contribution is 2.26. The number of nitrogens with one attached hydrogen (secondary N) is 1. The molecule has 0 saturated carbocycles. The summed E-state index contributed by atoms with van der Waals surface area (Å²) in [4.78, 5) is 25.7. The number of nitrogens with zero attached hydrogens (tertiary/aromatic N) is 1. The summed E-state index contributed by atoms with van der Waals surface area (Å²) in [5.41, 5.74) is 2.08. The summed E-state index contributed by atoms with van der Waals surface area (Å²) in [6.45, 7) is 1.98. The van der Waals surface area contributed by atoms with Crippen molar-refractivity contribution in [3.05, 3.63) is 46.0 Å². The van der Waals surface area contributed by atoms with Gasteiger partial charge >= 0.3 is 0 Å². The Hall–Kier alpha value is -1.65. The van der Waals surface area contributed by atoms with Crippen molar-refractivity contribution < 1.29 is 9.59 Å². The van der Waals surface area contributed by atoms with E-state index in [1.54, 1.807) is 24.3 Å². The lowest BCUT2D eigenvalue weighted by Crippen LogP contribution is -2.32. The van der Waals surface area contributed by atoms with E-state index in [-0.39, 0.29) is 18.4 Å². The molecule has 104 valence electrons. The van der Waals surface area contributed by atoms with Gasteiger partial charge in [-0.3, -0.25) is 14.5 Å². The van der Waals surface area contributed by atoms with Crippen LogP contribution in [0.25, 0.3) is 0 Å². The first kappa shape index (κ1) is 13.3. The van der Waals surface area contributed by atoms with E-state index in [4.69, 9.17) is 11.6 Å². The van der Waals surface area contributed by atoms with Gasteiger partial charge in [-0.25, -0.2) is 0 Å². The third-order valence-corrected chi connectivity index (χ3v) is 4.15. The number of hydrogen-bond acceptors (Lipinski definition) is 3. The Morgan fingerprint density at radius 3 is 2.20 bits per heavy atom. The molecular formula is C15H15ClN2O2. The van der Waals surface area contributed by atoms with E-state index >= 15 is 0 Å². The van der Waals surface area contributed by atoms with E-state index in [0.29, 0.717) is 16.2 Å². The molecule has 4 nitrogen and oxygen atoms in total. The molecule has 1 aromatic carbocycles. The van der Waals surface area contributed by atoms with E-state index in [1.807, 2.05) is 0 Å². The summed E-state index contributed by atoms with van der Waals surface area (Å²) >= 11 is 6.32. The predicted octanol–water partition coefficient (Wildman–Crippen LogP) is 2.16. The van der Waals surface area contributed by atoms with Gasteiger partial charge in [-0.2, -0.15) is 0 Å². The van der Waals surface area contributed by atoms with Crippen LogP contribution in [0.5, 0.6) is 0 Å². The van der Waals surface area contributed by atoms with E-state index in [1.165, 1.54) is 4.90 Å². The van der Waals surface area contributed by atoms with Crippen molar-refractivity contribution in [1.82, 2.24) is 10.2 Å². The average molecular weight is 291 g/mol. The number of rotatable bonds is 2. The number of piperidine rings is 1. The first-order valence-corrected chi connectivity index (χ1v) is 7.08. The molecule has 2 heterocycles. The fourth-order valence-corrected chi connectivity index (χ4v) is 2.94. The number of imide groups is 1. The van der Waals surface area contributed by atoms with Crippen LogP contribution in [0.15, 0.2) is 34.9 Å². The van der Waals surface area contributed by atoms with Crippen LogP contribution in [-0.4, -0.2) is 36.3 Å². The molecule has 0 bridgehead atoms. The minimum absolute atomic E-state index is 0.184. The molecule has 2 aliphatic rings. The van der Waals surface area contributed by atoms with E-state index in [9.17, 15) is 9.59 Å². The van der Waals surface area contributed by atoms with Gasteiger partial charge in [0.05, 0.1) is 17.7 Å². The Morgan fingerprint density at radius 2 is 1.65 bits per heavy atom. The van der Waals surface area contributed by atoms with Crippen LogP contribution >= 0.6 is 11.6 Å². The number of halogens is 1. The monoisotopic (exact) mass is 290 g/mol. The second-order valence-corrected chi connectivity index (χ2v) is 5.46. The molecule has 0 aliphatic carbocycles. The standard InChI is InChI=1S/C15H15ClN2O2/c16-13(10-5-7-17-8-6-10)9-18-14(19)11-3-1-2-4-12(11)15(18)20/h1-4,17H,5-9H2. The quantitative estimate of drug-likeness (QED) is 0.849. The highest BCUT2D eigenvalue weighted by molar-refractivity contribution is 6.31. The Kier molecular flexibility index (Phi) is 3.59. The second kappa shape index (κ2) is 5.38. The van der Waals surface area contributed by atoms with Crippen LogP contribution in [0.3, 0.4) is 0 Å². The fourth-order valence-electron chi connectivity index (χ4n) is 2.63. The third kappa shape index (κ3) is 2.25. The van der Waals surface area contributed by atoms with Crippen molar-refractivity contribution in [3.8, 4) is 0 Å². The molecule has 0 radical (unpaired) electrons. The maximum Gasteiger partial charge on any atom is 0.261 e. The predicted molar refractivity (Wildman–Crippen MR) is 76.8 cm³/mol. The smallest absolute Gasteiger partial charge is 0.261 e. The lowest BCUT2D eigenvalue weighted by molar-refractivity contribution is 0.0670. The van der Waals surface area contributed by atoms with Gasteiger partial charge in [0, 0.05) is 5.03 Å². The zero-order valence-corrected chi connectivity index (χ0v) is 11.7. The molecule has 1 saturated heterocycles. The number of fused-ring (bicyclic) bond motifs is 1. The van der Waals surface area contributed by atoms with Crippen molar-refractivity contribution in [2.24, 2.45) is 0 Å². The molecule has 3 rings (SSSR count). The Bertz CT molecular complexity index is 567. The van der Waals surface area contributed by atoms with Gasteiger partial charge in [-0.15, -0.1) is 0 Å². The summed E-state index contributed by atoms with van der Waals surface area (Å²) in [7, 11) is 0. The summed E-state index contributed by atoms with van der Waals surface area (Å²) < 4.78 is 0. The molecule has 0 unspecified atom stereocenters. The van der Waals surface area contributed by atoms with Crippen LogP contribution in [0.1, 0.15) is 33.6 Å². The molecule has 20 heavy (non-hydrogen) atoms. The highest BCUT2D eigenvalue weighted by atomic mass is 35.5. The normalized spacial score (nSPS) is 18.4. The second-order valence-electron chi connectivity index (χ2n) is 5.00. The Morgan fingerprint density at radius 1 is 1.10 bits per heavy atom. The number of carbonyl (C=O) groups is 2. The van der Waals surface area contributed by atoms with Gasteiger partial charge in [0.25, 0.3) is 11.8 Å². The summed E-state index contributed by atoms with van der Waals surface area (Å²) in [6.07, 6.45) is 1.75. The summed E-state index contributed by atoms with van der Waals surface area (Å²) in [5, 5.41) is 3.88. The lowest BCUT2D eigenvalue weighted by Gasteiger charge is -2.20. The Labute approximate surface area is 122 Å². The molecule has 2 amide bonds. The van der Waals surface area contributed by atoms with Crippen molar-refractivity contribution >= 4 is 23.4 Å². The molecule has 1 N–H and O–H groups in total. The van der Waals surface area contributed by atoms with Gasteiger partial charge in [-0.1, -0.05) is 29.3 Å². The fraction of sp³-hybridized carbons (Fsp3) is 0.333. The molecule has 0 atom stereocenters. The zero-order chi connectivity index (χ0) is 14.1. The molecule has 1 aromatic rings. The van der Waals surface area contributed by atoms with Gasteiger partial charge in [0.1, 0.15) is 0 Å². The van der Waals surface area contributed by atoms with Crippen LogP contribution in [-0.2, 0) is 0 Å². The number of benzene rings is 1. The third-order valence-electron chi connectivity index (χ3n) is 3.77. The summed E-state index contributed by atoms with van der Waals surface area (Å²) in [5.74, 6) is -0.503. The van der Waals surface area contributed by atoms with Crippen LogP contribution in [0.4, 0.5) is 0 Å². The lowest BCUT2D eigenvalue weighted by atomic mass is 10.1. The molecule has 1 fully saturated rings. The summed E-state index contributed by atoms with van der Waals surface area (Å²) in [6, 6.07) is 6.89. The van der Waals surface area contributed by atoms with Gasteiger partial charge in [-0.05, 0) is 38.1 Å². The van der Waals surface area contributed by atoms with Crippen LogP contribution in [0, 0.1) is 0 Å². The van der Waals surface area contributed by atoms with E-state index in [0.717, 1.165) is 31.5 Å². The van der Waals surface area contributed by atoms with Gasteiger partial charge < -0.3 is 5.32 Å².